The van der Waals surface area contributed by atoms with E-state index < -0.39 is 0 Å². The van der Waals surface area contributed by atoms with Gasteiger partial charge in [-0.1, -0.05) is 28.9 Å². The van der Waals surface area contributed by atoms with Gasteiger partial charge in [0.1, 0.15) is 16.1 Å². The molecule has 0 aliphatic rings. The second-order valence-electron chi connectivity index (χ2n) is 4.90. The molecule has 0 N–H and O–H groups in total. The fourth-order valence-corrected chi connectivity index (χ4v) is 3.89. The molecule has 0 amide bonds. The molecule has 2 heterocycles. The van der Waals surface area contributed by atoms with Crippen molar-refractivity contribution < 1.29 is 9.53 Å². The molecule has 0 radical (unpaired) electrons. The Balaban J connectivity index is 1.88. The molecule has 0 aliphatic carbocycles. The summed E-state index contributed by atoms with van der Waals surface area (Å²) in [6, 6.07) is 12.8. The van der Waals surface area contributed by atoms with Crippen LogP contribution in [0.2, 0.25) is 5.02 Å². The smallest absolute Gasteiger partial charge is 0.291 e. The molecule has 0 aliphatic heterocycles. The minimum absolute atomic E-state index is 0.288. The maximum absolute atomic E-state index is 12.8. The van der Waals surface area contributed by atoms with Gasteiger partial charge in [0.25, 0.3) is 5.91 Å². The Kier molecular flexibility index (Phi) is 3.28. The quantitative estimate of drug-likeness (QED) is 0.552. The van der Waals surface area contributed by atoms with Crippen LogP contribution in [-0.4, -0.2) is 28.0 Å². The first-order chi connectivity index (χ1) is 11.2. The Morgan fingerprint density at radius 3 is 2.91 bits per heavy atom. The van der Waals surface area contributed by atoms with Crippen LogP contribution in [0, 0.1) is 0 Å². The Hall–Kier alpha value is -2.44. The zero-order valence-corrected chi connectivity index (χ0v) is 13.6. The van der Waals surface area contributed by atoms with Gasteiger partial charge in [-0.2, -0.15) is 4.68 Å². The zero-order valence-electron chi connectivity index (χ0n) is 12.0. The van der Waals surface area contributed by atoms with E-state index in [2.05, 4.69) is 10.3 Å². The molecule has 2 aromatic heterocycles. The fraction of sp³-hybridized carbons (Fsp3) is 0.0625. The van der Waals surface area contributed by atoms with E-state index in [-0.39, 0.29) is 5.91 Å². The SMILES string of the molecule is COc1ccc2c(Cl)c(C(=O)n3nnc4ccccc43)sc2c1. The van der Waals surface area contributed by atoms with Crippen LogP contribution in [0.1, 0.15) is 9.67 Å². The van der Waals surface area contributed by atoms with Crippen LogP contribution in [0.5, 0.6) is 5.75 Å². The van der Waals surface area contributed by atoms with Gasteiger partial charge in [-0.15, -0.1) is 16.4 Å². The lowest BCUT2D eigenvalue weighted by molar-refractivity contribution is 0.0952. The highest BCUT2D eigenvalue weighted by Gasteiger charge is 2.21. The number of fused-ring (bicyclic) bond motifs is 2. The Morgan fingerprint density at radius 2 is 2.09 bits per heavy atom. The Bertz CT molecular complexity index is 1050. The first-order valence-electron chi connectivity index (χ1n) is 6.80. The summed E-state index contributed by atoms with van der Waals surface area (Å²) in [5.41, 5.74) is 1.32. The van der Waals surface area contributed by atoms with Crippen LogP contribution >= 0.6 is 22.9 Å². The molecule has 4 aromatic rings. The highest BCUT2D eigenvalue weighted by atomic mass is 35.5. The zero-order chi connectivity index (χ0) is 16.0. The molecule has 0 saturated heterocycles. The van der Waals surface area contributed by atoms with E-state index in [4.69, 9.17) is 16.3 Å². The number of thiophene rings is 1. The molecule has 23 heavy (non-hydrogen) atoms. The number of para-hydroxylation sites is 1. The first kappa shape index (κ1) is 14.2. The van der Waals surface area contributed by atoms with Gasteiger partial charge in [-0.05, 0) is 30.3 Å². The summed E-state index contributed by atoms with van der Waals surface area (Å²) < 4.78 is 7.38. The van der Waals surface area contributed by atoms with Crippen LogP contribution in [-0.2, 0) is 0 Å². The predicted octanol–water partition coefficient (Wildman–Crippen LogP) is 4.00. The Labute approximate surface area is 140 Å². The van der Waals surface area contributed by atoms with Crippen LogP contribution in [0.25, 0.3) is 21.1 Å². The summed E-state index contributed by atoms with van der Waals surface area (Å²) in [6.45, 7) is 0. The number of benzene rings is 2. The lowest BCUT2D eigenvalue weighted by Gasteiger charge is -1.99. The van der Waals surface area contributed by atoms with E-state index in [1.807, 2.05) is 36.4 Å². The number of carbonyl (C=O) groups is 1. The third kappa shape index (κ3) is 2.18. The summed E-state index contributed by atoms with van der Waals surface area (Å²) >= 11 is 7.72. The molecule has 0 atom stereocenters. The molecule has 0 fully saturated rings. The van der Waals surface area contributed by atoms with Crippen LogP contribution in [0.15, 0.2) is 42.5 Å². The van der Waals surface area contributed by atoms with Gasteiger partial charge in [0.2, 0.25) is 0 Å². The summed E-state index contributed by atoms with van der Waals surface area (Å²) in [6.07, 6.45) is 0. The van der Waals surface area contributed by atoms with Crippen molar-refractivity contribution in [1.29, 1.82) is 0 Å². The molecule has 0 spiro atoms. The van der Waals surface area contributed by atoms with Crippen molar-refractivity contribution in [2.75, 3.05) is 7.11 Å². The van der Waals surface area contributed by atoms with E-state index in [0.717, 1.165) is 15.8 Å². The van der Waals surface area contributed by atoms with Crippen LogP contribution in [0.4, 0.5) is 0 Å². The maximum atomic E-state index is 12.8. The highest BCUT2D eigenvalue weighted by Crippen LogP contribution is 2.37. The van der Waals surface area contributed by atoms with E-state index in [1.54, 1.807) is 13.2 Å². The van der Waals surface area contributed by atoms with E-state index >= 15 is 0 Å². The molecule has 4 rings (SSSR count). The summed E-state index contributed by atoms with van der Waals surface area (Å²) in [5, 5.41) is 9.22. The van der Waals surface area contributed by atoms with E-state index in [9.17, 15) is 4.79 Å². The molecule has 0 bridgehead atoms. The van der Waals surface area contributed by atoms with Gasteiger partial charge in [-0.3, -0.25) is 4.79 Å². The minimum atomic E-state index is -0.288. The third-order valence-electron chi connectivity index (χ3n) is 3.58. The van der Waals surface area contributed by atoms with Gasteiger partial charge in [0, 0.05) is 10.1 Å². The van der Waals surface area contributed by atoms with E-state index in [1.165, 1.54) is 16.0 Å². The number of nitrogens with zero attached hydrogens (tertiary/aromatic N) is 3. The lowest BCUT2D eigenvalue weighted by Crippen LogP contribution is -2.12. The minimum Gasteiger partial charge on any atom is -0.497 e. The van der Waals surface area contributed by atoms with Crippen molar-refractivity contribution in [3.63, 3.8) is 0 Å². The molecule has 114 valence electrons. The monoisotopic (exact) mass is 343 g/mol. The average molecular weight is 344 g/mol. The van der Waals surface area contributed by atoms with Crippen LogP contribution in [0.3, 0.4) is 0 Å². The largest absolute Gasteiger partial charge is 0.497 e. The number of aromatic nitrogens is 3. The molecule has 2 aromatic carbocycles. The molecular formula is C16H10ClN3O2S. The third-order valence-corrected chi connectivity index (χ3v) is 5.22. The van der Waals surface area contributed by atoms with Crippen LogP contribution < -0.4 is 4.74 Å². The van der Waals surface area contributed by atoms with Gasteiger partial charge < -0.3 is 4.74 Å². The second kappa shape index (κ2) is 5.33. The summed E-state index contributed by atoms with van der Waals surface area (Å²) in [5.74, 6) is 0.435. The number of carbonyl (C=O) groups excluding carboxylic acids is 1. The normalized spacial score (nSPS) is 11.2. The summed E-state index contributed by atoms with van der Waals surface area (Å²) in [4.78, 5) is 13.3. The number of hydrogen-bond acceptors (Lipinski definition) is 5. The van der Waals surface area contributed by atoms with Crippen molar-refractivity contribution >= 4 is 50.0 Å². The average Bonchev–Trinajstić information content (AvgIpc) is 3.15. The number of ether oxygens (including phenoxy) is 1. The standard InChI is InChI=1S/C16H10ClN3O2S/c1-22-9-6-7-10-13(8-9)23-15(14(10)17)16(21)20-12-5-3-2-4-11(12)18-19-20/h2-8H,1H3. The van der Waals surface area contributed by atoms with Crippen molar-refractivity contribution in [2.24, 2.45) is 0 Å². The molecule has 5 nitrogen and oxygen atoms in total. The lowest BCUT2D eigenvalue weighted by atomic mass is 10.2. The van der Waals surface area contributed by atoms with Crippen molar-refractivity contribution in [1.82, 2.24) is 15.0 Å². The Morgan fingerprint density at radius 1 is 1.26 bits per heavy atom. The number of hydrogen-bond donors (Lipinski definition) is 0. The highest BCUT2D eigenvalue weighted by molar-refractivity contribution is 7.21. The van der Waals surface area contributed by atoms with Crippen molar-refractivity contribution in [2.45, 2.75) is 0 Å². The van der Waals surface area contributed by atoms with E-state index in [0.29, 0.717) is 20.9 Å². The van der Waals surface area contributed by atoms with Gasteiger partial charge >= 0.3 is 0 Å². The summed E-state index contributed by atoms with van der Waals surface area (Å²) in [7, 11) is 1.60. The predicted molar refractivity (Wildman–Crippen MR) is 90.6 cm³/mol. The topological polar surface area (TPSA) is 57.0 Å². The molecule has 0 saturated carbocycles. The number of rotatable bonds is 2. The van der Waals surface area contributed by atoms with Crippen molar-refractivity contribution in [3.8, 4) is 5.75 Å². The van der Waals surface area contributed by atoms with Gasteiger partial charge in [0.05, 0.1) is 17.6 Å². The molecule has 7 heteroatoms. The van der Waals surface area contributed by atoms with Crippen molar-refractivity contribution in [3.05, 3.63) is 52.4 Å². The fourth-order valence-electron chi connectivity index (χ4n) is 2.43. The van der Waals surface area contributed by atoms with Gasteiger partial charge in [0.15, 0.2) is 0 Å². The first-order valence-corrected chi connectivity index (χ1v) is 7.99. The number of methoxy groups -OCH3 is 1. The van der Waals surface area contributed by atoms with Gasteiger partial charge in [-0.25, -0.2) is 0 Å². The second-order valence-corrected chi connectivity index (χ2v) is 6.33. The maximum Gasteiger partial charge on any atom is 0.291 e. The molecular weight excluding hydrogens is 334 g/mol. The number of halogens is 1. The molecule has 0 unspecified atom stereocenters.